The molecule has 0 unspecified atom stereocenters. The smallest absolute Gasteiger partial charge is 0.297 e. The summed E-state index contributed by atoms with van der Waals surface area (Å²) in [6.45, 7) is 4.34. The predicted molar refractivity (Wildman–Crippen MR) is 88.6 cm³/mol. The maximum atomic E-state index is 12.7. The minimum atomic E-state index is -0.186. The Kier molecular flexibility index (Phi) is 3.01. The average molecular weight is 305 g/mol. The molecule has 4 aromatic rings. The second-order valence-corrected chi connectivity index (χ2v) is 5.70. The van der Waals surface area contributed by atoms with E-state index in [2.05, 4.69) is 9.97 Å². The van der Waals surface area contributed by atoms with Gasteiger partial charge in [-0.3, -0.25) is 9.36 Å². The fraction of sp³-hybridized carbons (Fsp3) is 0.167. The predicted octanol–water partition coefficient (Wildman–Crippen LogP) is 3.20. The number of nitrogens with zero attached hydrogens (tertiary/aromatic N) is 3. The van der Waals surface area contributed by atoms with E-state index < -0.39 is 0 Å². The van der Waals surface area contributed by atoms with Crippen molar-refractivity contribution in [2.45, 2.75) is 20.4 Å². The highest BCUT2D eigenvalue weighted by molar-refractivity contribution is 6.02. The molecule has 0 radical (unpaired) electrons. The lowest BCUT2D eigenvalue weighted by atomic mass is 10.1. The van der Waals surface area contributed by atoms with Crippen LogP contribution in [-0.2, 0) is 6.54 Å². The maximum Gasteiger partial charge on any atom is 0.297 e. The van der Waals surface area contributed by atoms with Crippen molar-refractivity contribution >= 4 is 22.2 Å². The monoisotopic (exact) mass is 305 g/mol. The largest absolute Gasteiger partial charge is 0.430 e. The number of hydrogen-bond donors (Lipinski definition) is 0. The van der Waals surface area contributed by atoms with Gasteiger partial charge in [0, 0.05) is 5.69 Å². The van der Waals surface area contributed by atoms with Gasteiger partial charge in [-0.05, 0) is 31.0 Å². The molecule has 0 saturated carbocycles. The Morgan fingerprint density at radius 1 is 1.17 bits per heavy atom. The quantitative estimate of drug-likeness (QED) is 0.570. The van der Waals surface area contributed by atoms with Gasteiger partial charge in [-0.25, -0.2) is 9.97 Å². The van der Waals surface area contributed by atoms with Crippen LogP contribution in [0.4, 0.5) is 0 Å². The van der Waals surface area contributed by atoms with E-state index in [-0.39, 0.29) is 11.1 Å². The van der Waals surface area contributed by atoms with Crippen LogP contribution < -0.4 is 5.56 Å². The molecule has 0 amide bonds. The van der Waals surface area contributed by atoms with Crippen molar-refractivity contribution in [3.05, 3.63) is 69.9 Å². The van der Waals surface area contributed by atoms with Crippen molar-refractivity contribution in [3.63, 3.8) is 0 Å². The molecule has 23 heavy (non-hydrogen) atoms. The summed E-state index contributed by atoms with van der Waals surface area (Å²) in [6, 6.07) is 11.8. The van der Waals surface area contributed by atoms with E-state index in [0.29, 0.717) is 17.8 Å². The number of fused-ring (bicyclic) bond motifs is 3. The zero-order valence-electron chi connectivity index (χ0n) is 12.9. The number of hydrogen-bond acceptors (Lipinski definition) is 4. The van der Waals surface area contributed by atoms with Crippen molar-refractivity contribution in [1.82, 2.24) is 14.5 Å². The number of aromatic nitrogens is 3. The zero-order chi connectivity index (χ0) is 16.0. The Morgan fingerprint density at radius 3 is 2.74 bits per heavy atom. The molecule has 114 valence electrons. The lowest BCUT2D eigenvalue weighted by Gasteiger charge is -2.04. The first-order valence-corrected chi connectivity index (χ1v) is 7.43. The van der Waals surface area contributed by atoms with Crippen LogP contribution in [0.2, 0.25) is 0 Å². The zero-order valence-corrected chi connectivity index (χ0v) is 12.9. The minimum absolute atomic E-state index is 0.186. The van der Waals surface area contributed by atoms with Crippen molar-refractivity contribution in [3.8, 4) is 0 Å². The van der Waals surface area contributed by atoms with E-state index in [1.165, 1.54) is 0 Å². The summed E-state index contributed by atoms with van der Waals surface area (Å²) in [5.41, 5.74) is 4.04. The Morgan fingerprint density at radius 2 is 1.96 bits per heavy atom. The molecule has 0 spiro atoms. The van der Waals surface area contributed by atoms with Crippen molar-refractivity contribution in [2.75, 3.05) is 0 Å². The molecule has 3 heterocycles. The fourth-order valence-electron chi connectivity index (χ4n) is 2.89. The third kappa shape index (κ3) is 2.21. The molecule has 0 aliphatic carbocycles. The number of pyridine rings is 1. The summed E-state index contributed by atoms with van der Waals surface area (Å²) in [4.78, 5) is 21.5. The van der Waals surface area contributed by atoms with E-state index in [1.54, 1.807) is 10.9 Å². The van der Waals surface area contributed by atoms with E-state index in [9.17, 15) is 4.79 Å². The molecule has 3 aromatic heterocycles. The number of rotatable bonds is 2. The van der Waals surface area contributed by atoms with Gasteiger partial charge in [-0.1, -0.05) is 30.3 Å². The Labute approximate surface area is 132 Å². The third-order valence-corrected chi connectivity index (χ3v) is 3.94. The number of aryl methyl sites for hydroxylation is 2. The van der Waals surface area contributed by atoms with Crippen LogP contribution in [0.5, 0.6) is 0 Å². The Bertz CT molecular complexity index is 1080. The van der Waals surface area contributed by atoms with Crippen LogP contribution in [0.15, 0.2) is 51.9 Å². The Hall–Kier alpha value is -2.95. The highest BCUT2D eigenvalue weighted by Gasteiger charge is 2.16. The molecule has 0 atom stereocenters. The highest BCUT2D eigenvalue weighted by atomic mass is 16.3. The normalized spacial score (nSPS) is 11.4. The van der Waals surface area contributed by atoms with Crippen LogP contribution in [0.25, 0.3) is 22.2 Å². The summed E-state index contributed by atoms with van der Waals surface area (Å²) in [7, 11) is 0. The standard InChI is InChI=1S/C18H15N3O2/c1-11-8-12(2)20-17-14(11)15-16(23-17)18(22)21(10-19-15)9-13-6-4-3-5-7-13/h3-8,10H,9H2,1-2H3. The molecule has 5 heteroatoms. The first-order chi connectivity index (χ1) is 11.1. The van der Waals surface area contributed by atoms with E-state index in [0.717, 1.165) is 22.2 Å². The summed E-state index contributed by atoms with van der Waals surface area (Å²) in [5, 5.41) is 0.814. The van der Waals surface area contributed by atoms with Gasteiger partial charge in [-0.15, -0.1) is 0 Å². The Balaban J connectivity index is 1.93. The first-order valence-electron chi connectivity index (χ1n) is 7.43. The summed E-state index contributed by atoms with van der Waals surface area (Å²) >= 11 is 0. The van der Waals surface area contributed by atoms with Crippen LogP contribution in [0.3, 0.4) is 0 Å². The molecule has 5 nitrogen and oxygen atoms in total. The fourth-order valence-corrected chi connectivity index (χ4v) is 2.89. The average Bonchev–Trinajstić information content (AvgIpc) is 2.90. The minimum Gasteiger partial charge on any atom is -0.430 e. The van der Waals surface area contributed by atoms with Gasteiger partial charge in [0.1, 0.15) is 5.52 Å². The molecule has 1 aromatic carbocycles. The number of furan rings is 1. The molecular weight excluding hydrogens is 290 g/mol. The molecule has 0 saturated heterocycles. The lowest BCUT2D eigenvalue weighted by molar-refractivity contribution is 0.630. The molecule has 0 fully saturated rings. The van der Waals surface area contributed by atoms with Crippen LogP contribution in [-0.4, -0.2) is 14.5 Å². The summed E-state index contributed by atoms with van der Waals surface area (Å²) < 4.78 is 7.27. The number of benzene rings is 1. The SMILES string of the molecule is Cc1cc(C)c2c(n1)oc1c(=O)n(Cc3ccccc3)cnc12. The van der Waals surface area contributed by atoms with Gasteiger partial charge in [0.25, 0.3) is 5.56 Å². The molecular formula is C18H15N3O2. The second-order valence-electron chi connectivity index (χ2n) is 5.70. The van der Waals surface area contributed by atoms with Crippen molar-refractivity contribution < 1.29 is 4.42 Å². The van der Waals surface area contributed by atoms with E-state index >= 15 is 0 Å². The molecule has 0 aliphatic rings. The molecule has 4 rings (SSSR count). The van der Waals surface area contributed by atoms with E-state index in [4.69, 9.17) is 4.42 Å². The second kappa shape index (κ2) is 5.05. The van der Waals surface area contributed by atoms with Gasteiger partial charge in [0.05, 0.1) is 18.3 Å². The van der Waals surface area contributed by atoms with Crippen LogP contribution in [0.1, 0.15) is 16.8 Å². The van der Waals surface area contributed by atoms with E-state index in [1.807, 2.05) is 50.2 Å². The summed E-state index contributed by atoms with van der Waals surface area (Å²) in [6.07, 6.45) is 1.58. The molecule has 0 bridgehead atoms. The topological polar surface area (TPSA) is 60.9 Å². The lowest BCUT2D eigenvalue weighted by Crippen LogP contribution is -2.20. The third-order valence-electron chi connectivity index (χ3n) is 3.94. The van der Waals surface area contributed by atoms with Crippen molar-refractivity contribution in [2.24, 2.45) is 0 Å². The van der Waals surface area contributed by atoms with Gasteiger partial charge >= 0.3 is 0 Å². The van der Waals surface area contributed by atoms with Gasteiger partial charge < -0.3 is 4.42 Å². The van der Waals surface area contributed by atoms with Gasteiger partial charge in [0.2, 0.25) is 11.3 Å². The van der Waals surface area contributed by atoms with Crippen molar-refractivity contribution in [1.29, 1.82) is 0 Å². The maximum absolute atomic E-state index is 12.7. The molecule has 0 N–H and O–H groups in total. The van der Waals surface area contributed by atoms with Crippen LogP contribution in [0, 0.1) is 13.8 Å². The molecule has 0 aliphatic heterocycles. The highest BCUT2D eigenvalue weighted by Crippen LogP contribution is 2.26. The van der Waals surface area contributed by atoms with Gasteiger partial charge in [0.15, 0.2) is 0 Å². The van der Waals surface area contributed by atoms with Crippen LogP contribution >= 0.6 is 0 Å². The van der Waals surface area contributed by atoms with Gasteiger partial charge in [-0.2, -0.15) is 0 Å². The first kappa shape index (κ1) is 13.7. The summed E-state index contributed by atoms with van der Waals surface area (Å²) in [5.74, 6) is 0.